The van der Waals surface area contributed by atoms with E-state index in [1.165, 1.54) is 18.2 Å². The van der Waals surface area contributed by atoms with Crippen LogP contribution in [0.15, 0.2) is 42.5 Å². The molecule has 0 fully saturated rings. The first-order chi connectivity index (χ1) is 9.60. The van der Waals surface area contributed by atoms with E-state index in [0.29, 0.717) is 17.1 Å². The van der Waals surface area contributed by atoms with E-state index in [1.807, 2.05) is 24.3 Å². The molecule has 0 heterocycles. The van der Waals surface area contributed by atoms with E-state index in [-0.39, 0.29) is 5.69 Å². The molecule has 0 aliphatic heterocycles. The first kappa shape index (κ1) is 13.9. The molecule has 2 rings (SSSR count). The summed E-state index contributed by atoms with van der Waals surface area (Å²) in [6, 6.07) is 11.7. The Bertz CT molecular complexity index is 693. The fourth-order valence-electron chi connectivity index (χ4n) is 1.73. The number of nitrogens with zero attached hydrogens (tertiary/aromatic N) is 1. The monoisotopic (exact) mass is 286 g/mol. The number of hydrogen-bond donors (Lipinski definition) is 1. The van der Waals surface area contributed by atoms with Gasteiger partial charge >= 0.3 is 0 Å². The van der Waals surface area contributed by atoms with Crippen molar-refractivity contribution in [1.82, 2.24) is 0 Å². The highest BCUT2D eigenvalue weighted by Crippen LogP contribution is 2.23. The largest absolute Gasteiger partial charge is 0.381 e. The summed E-state index contributed by atoms with van der Waals surface area (Å²) in [5.74, 6) is 2.55. The summed E-state index contributed by atoms with van der Waals surface area (Å²) in [5.41, 5.74) is 2.28. The third kappa shape index (κ3) is 3.28. The average Bonchev–Trinajstić information content (AvgIpc) is 2.46. The Morgan fingerprint density at radius 2 is 2.10 bits per heavy atom. The SMILES string of the molecule is C#Cc1cccc(NCc2cc([N+](=O)[O-])ccc2Cl)c1. The average molecular weight is 287 g/mol. The molecular formula is C15H11ClN2O2. The second-order valence-corrected chi connectivity index (χ2v) is 4.52. The number of rotatable bonds is 4. The van der Waals surface area contributed by atoms with Gasteiger partial charge in [0.15, 0.2) is 0 Å². The predicted molar refractivity (Wildman–Crippen MR) is 79.8 cm³/mol. The molecule has 0 bridgehead atoms. The molecule has 4 nitrogen and oxygen atoms in total. The first-order valence-corrected chi connectivity index (χ1v) is 6.21. The Labute approximate surface area is 121 Å². The number of nitrogens with one attached hydrogen (secondary N) is 1. The highest BCUT2D eigenvalue weighted by molar-refractivity contribution is 6.31. The molecule has 0 aliphatic rings. The zero-order valence-corrected chi connectivity index (χ0v) is 11.2. The van der Waals surface area contributed by atoms with Crippen LogP contribution in [0.1, 0.15) is 11.1 Å². The Hall–Kier alpha value is -2.51. The van der Waals surface area contributed by atoms with Crippen LogP contribution in [0.5, 0.6) is 0 Å². The molecule has 0 saturated carbocycles. The minimum atomic E-state index is -0.446. The van der Waals surface area contributed by atoms with Crippen LogP contribution in [0.4, 0.5) is 11.4 Å². The molecule has 0 amide bonds. The minimum absolute atomic E-state index is 0.0172. The molecule has 0 saturated heterocycles. The van der Waals surface area contributed by atoms with Crippen molar-refractivity contribution in [2.24, 2.45) is 0 Å². The zero-order chi connectivity index (χ0) is 14.5. The maximum absolute atomic E-state index is 10.7. The third-order valence-corrected chi connectivity index (χ3v) is 3.12. The topological polar surface area (TPSA) is 55.2 Å². The summed E-state index contributed by atoms with van der Waals surface area (Å²) in [4.78, 5) is 10.3. The van der Waals surface area contributed by atoms with E-state index in [0.717, 1.165) is 11.3 Å². The number of nitro benzene ring substituents is 1. The highest BCUT2D eigenvalue weighted by Gasteiger charge is 2.09. The lowest BCUT2D eigenvalue weighted by Crippen LogP contribution is -2.01. The predicted octanol–water partition coefficient (Wildman–Crippen LogP) is 3.84. The number of non-ortho nitro benzene ring substituents is 1. The summed E-state index contributed by atoms with van der Waals surface area (Å²) in [6.45, 7) is 0.383. The van der Waals surface area contributed by atoms with Gasteiger partial charge in [-0.3, -0.25) is 10.1 Å². The highest BCUT2D eigenvalue weighted by atomic mass is 35.5. The van der Waals surface area contributed by atoms with Gasteiger partial charge in [-0.1, -0.05) is 23.6 Å². The lowest BCUT2D eigenvalue weighted by molar-refractivity contribution is -0.384. The lowest BCUT2D eigenvalue weighted by Gasteiger charge is -2.08. The van der Waals surface area contributed by atoms with Gasteiger partial charge in [0.1, 0.15) is 0 Å². The molecule has 0 aromatic heterocycles. The molecule has 0 radical (unpaired) electrons. The van der Waals surface area contributed by atoms with Crippen LogP contribution in [0.3, 0.4) is 0 Å². The quantitative estimate of drug-likeness (QED) is 0.528. The lowest BCUT2D eigenvalue weighted by atomic mass is 10.1. The Kier molecular flexibility index (Phi) is 4.24. The number of benzene rings is 2. The maximum atomic E-state index is 10.7. The van der Waals surface area contributed by atoms with Crippen molar-refractivity contribution in [3.05, 3.63) is 68.7 Å². The Balaban J connectivity index is 2.16. The second kappa shape index (κ2) is 6.09. The Morgan fingerprint density at radius 3 is 2.80 bits per heavy atom. The van der Waals surface area contributed by atoms with Crippen molar-refractivity contribution in [2.75, 3.05) is 5.32 Å². The van der Waals surface area contributed by atoms with E-state index in [1.54, 1.807) is 0 Å². The number of halogens is 1. The summed E-state index contributed by atoms with van der Waals surface area (Å²) < 4.78 is 0. The van der Waals surface area contributed by atoms with Crippen LogP contribution in [-0.2, 0) is 6.54 Å². The van der Waals surface area contributed by atoms with E-state index in [4.69, 9.17) is 18.0 Å². The zero-order valence-electron chi connectivity index (χ0n) is 10.5. The van der Waals surface area contributed by atoms with Gasteiger partial charge in [0, 0.05) is 35.0 Å². The van der Waals surface area contributed by atoms with Crippen LogP contribution in [0.2, 0.25) is 5.02 Å². The minimum Gasteiger partial charge on any atom is -0.381 e. The molecule has 1 N–H and O–H groups in total. The molecule has 0 atom stereocenters. The van der Waals surface area contributed by atoms with Gasteiger partial charge < -0.3 is 5.32 Å². The normalized spacial score (nSPS) is 9.80. The van der Waals surface area contributed by atoms with Crippen molar-refractivity contribution in [3.8, 4) is 12.3 Å². The van der Waals surface area contributed by atoms with Gasteiger partial charge in [-0.15, -0.1) is 6.42 Å². The molecule has 20 heavy (non-hydrogen) atoms. The van der Waals surface area contributed by atoms with Crippen molar-refractivity contribution < 1.29 is 4.92 Å². The van der Waals surface area contributed by atoms with Crippen molar-refractivity contribution in [3.63, 3.8) is 0 Å². The molecule has 2 aromatic carbocycles. The van der Waals surface area contributed by atoms with Crippen molar-refractivity contribution >= 4 is 23.0 Å². The van der Waals surface area contributed by atoms with Crippen molar-refractivity contribution in [2.45, 2.75) is 6.54 Å². The summed E-state index contributed by atoms with van der Waals surface area (Å²) in [6.07, 6.45) is 5.33. The fourth-order valence-corrected chi connectivity index (χ4v) is 1.91. The van der Waals surface area contributed by atoms with Crippen LogP contribution >= 0.6 is 11.6 Å². The number of terminal acetylenes is 1. The molecule has 100 valence electrons. The number of anilines is 1. The van der Waals surface area contributed by atoms with Gasteiger partial charge in [-0.25, -0.2) is 0 Å². The van der Waals surface area contributed by atoms with E-state index in [2.05, 4.69) is 11.2 Å². The molecular weight excluding hydrogens is 276 g/mol. The van der Waals surface area contributed by atoms with E-state index in [9.17, 15) is 10.1 Å². The smallest absolute Gasteiger partial charge is 0.269 e. The second-order valence-electron chi connectivity index (χ2n) is 4.11. The molecule has 0 unspecified atom stereocenters. The first-order valence-electron chi connectivity index (χ1n) is 5.83. The molecule has 2 aromatic rings. The van der Waals surface area contributed by atoms with Crippen molar-refractivity contribution in [1.29, 1.82) is 0 Å². The molecule has 5 heteroatoms. The summed E-state index contributed by atoms with van der Waals surface area (Å²) in [5, 5.41) is 14.4. The maximum Gasteiger partial charge on any atom is 0.269 e. The van der Waals surface area contributed by atoms with Gasteiger partial charge in [0.05, 0.1) is 4.92 Å². The standard InChI is InChI=1S/C15H11ClN2O2/c1-2-11-4-3-5-13(8-11)17-10-12-9-14(18(19)20)6-7-15(12)16/h1,3-9,17H,10H2. The van der Waals surface area contributed by atoms with E-state index >= 15 is 0 Å². The van der Waals surface area contributed by atoms with Crippen LogP contribution in [0.25, 0.3) is 0 Å². The number of nitro groups is 1. The van der Waals surface area contributed by atoms with Gasteiger partial charge in [0.25, 0.3) is 5.69 Å². The Morgan fingerprint density at radius 1 is 1.30 bits per heavy atom. The van der Waals surface area contributed by atoms with Crippen LogP contribution in [-0.4, -0.2) is 4.92 Å². The molecule has 0 aliphatic carbocycles. The van der Waals surface area contributed by atoms with Gasteiger partial charge in [-0.05, 0) is 29.8 Å². The van der Waals surface area contributed by atoms with E-state index < -0.39 is 4.92 Å². The summed E-state index contributed by atoms with van der Waals surface area (Å²) in [7, 11) is 0. The third-order valence-electron chi connectivity index (χ3n) is 2.75. The fraction of sp³-hybridized carbons (Fsp3) is 0.0667. The number of hydrogen-bond acceptors (Lipinski definition) is 3. The summed E-state index contributed by atoms with van der Waals surface area (Å²) >= 11 is 6.03. The van der Waals surface area contributed by atoms with Crippen LogP contribution in [0, 0.1) is 22.5 Å². The molecule has 0 spiro atoms. The van der Waals surface area contributed by atoms with Gasteiger partial charge in [-0.2, -0.15) is 0 Å². The van der Waals surface area contributed by atoms with Gasteiger partial charge in [0.2, 0.25) is 0 Å². The van der Waals surface area contributed by atoms with Crippen LogP contribution < -0.4 is 5.32 Å².